The van der Waals surface area contributed by atoms with Gasteiger partial charge in [-0.3, -0.25) is 5.41 Å². The lowest BCUT2D eigenvalue weighted by Crippen LogP contribution is -2.44. The fraction of sp³-hybridized carbons (Fsp3) is 0.442. The van der Waals surface area contributed by atoms with E-state index in [-0.39, 0.29) is 33.8 Å². The lowest BCUT2D eigenvalue weighted by atomic mass is 9.96. The van der Waals surface area contributed by atoms with Crippen LogP contribution in [0.3, 0.4) is 0 Å². The van der Waals surface area contributed by atoms with Crippen LogP contribution < -0.4 is 22.3 Å². The maximum absolute atomic E-state index is 10.7. The van der Waals surface area contributed by atoms with Gasteiger partial charge in [0, 0.05) is 47.6 Å². The number of ether oxygens (including phenoxy) is 3. The molecule has 28 heteroatoms. The number of rotatable bonds is 7. The van der Waals surface area contributed by atoms with Crippen molar-refractivity contribution in [1.82, 2.24) is 38.6 Å². The third-order valence-electron chi connectivity index (χ3n) is 12.5. The quantitative estimate of drug-likeness (QED) is 0.0519. The summed E-state index contributed by atoms with van der Waals surface area (Å²) in [6.45, 7) is 3.10. The zero-order chi connectivity index (χ0) is 49.9. The van der Waals surface area contributed by atoms with Gasteiger partial charge < -0.3 is 90.7 Å². The monoisotopic (exact) mass is 1100 g/mol. The lowest BCUT2D eigenvalue weighted by Gasteiger charge is -2.28. The van der Waals surface area contributed by atoms with Crippen molar-refractivity contribution in [3.63, 3.8) is 0 Å². The highest BCUT2D eigenvalue weighted by Gasteiger charge is 2.55. The number of aliphatic imine (C=N–C) groups is 1. The lowest BCUT2D eigenvalue weighted by molar-refractivity contribution is -0.0955. The second-order valence-corrected chi connectivity index (χ2v) is 18.3. The van der Waals surface area contributed by atoms with E-state index >= 15 is 0 Å². The van der Waals surface area contributed by atoms with Crippen molar-refractivity contribution >= 4 is 99.5 Å². The topological polar surface area (TPSA) is 413 Å². The van der Waals surface area contributed by atoms with Gasteiger partial charge in [0.1, 0.15) is 106 Å². The molecule has 0 bridgehead atoms. The zero-order valence-corrected chi connectivity index (χ0v) is 39.6. The summed E-state index contributed by atoms with van der Waals surface area (Å²) in [4.78, 5) is 24.7. The molecule has 3 unspecified atom stereocenters. The number of nitrogen functional groups attached to an aromatic ring is 2. The predicted octanol–water partition coefficient (Wildman–Crippen LogP) is -0.970. The summed E-state index contributed by atoms with van der Waals surface area (Å²) in [7, 11) is 0. The summed E-state index contributed by atoms with van der Waals surface area (Å²) >= 11 is 2.09. The van der Waals surface area contributed by atoms with Crippen molar-refractivity contribution in [1.29, 1.82) is 10.7 Å². The first kappa shape index (κ1) is 54.5. The van der Waals surface area contributed by atoms with Gasteiger partial charge in [-0.15, -0.1) is 0 Å². The number of allylic oxidation sites excluding steroid dienone is 1. The number of fused-ring (bicyclic) bond motifs is 2. The van der Waals surface area contributed by atoms with Gasteiger partial charge in [-0.2, -0.15) is 5.26 Å². The van der Waals surface area contributed by atoms with Crippen molar-refractivity contribution in [3.8, 4) is 6.07 Å². The Morgan fingerprint density at radius 2 is 1.24 bits per heavy atom. The van der Waals surface area contributed by atoms with E-state index in [1.165, 1.54) is 50.4 Å². The summed E-state index contributed by atoms with van der Waals surface area (Å²) in [6.07, 6.45) is 2.74. The summed E-state index contributed by atoms with van der Waals surface area (Å²) in [5, 5.41) is 112. The molecule has 0 aliphatic carbocycles. The molecule has 0 aromatic carbocycles. The fourth-order valence-electron chi connectivity index (χ4n) is 8.84. The van der Waals surface area contributed by atoms with Crippen LogP contribution in [0.5, 0.6) is 0 Å². The number of halogens is 1. The van der Waals surface area contributed by atoms with Crippen molar-refractivity contribution < 1.29 is 60.2 Å². The zero-order valence-electron chi connectivity index (χ0n) is 37.4. The molecule has 0 spiro atoms. The molecule has 377 valence electrons. The van der Waals surface area contributed by atoms with Gasteiger partial charge in [-0.1, -0.05) is 7.43 Å². The highest BCUT2D eigenvalue weighted by atomic mass is 127. The number of nitrogens with one attached hydrogen (secondary N) is 2. The molecule has 4 aliphatic rings. The Morgan fingerprint density at radius 3 is 1.73 bits per heavy atom. The van der Waals surface area contributed by atoms with Gasteiger partial charge in [0.05, 0.1) is 48.4 Å². The third-order valence-corrected chi connectivity index (χ3v) is 13.3. The summed E-state index contributed by atoms with van der Waals surface area (Å²) < 4.78 is 22.4. The molecule has 0 amide bonds. The third kappa shape index (κ3) is 9.33. The van der Waals surface area contributed by atoms with E-state index in [1.807, 2.05) is 6.07 Å². The first-order valence-corrected chi connectivity index (χ1v) is 22.1. The number of nitriles is 1. The molecule has 6 aromatic heterocycles. The number of aliphatic hydroxyl groups is 9. The number of nitrogens with two attached hydrogens (primary N) is 2. The largest absolute Gasteiger partial charge is 0.394 e. The maximum atomic E-state index is 10.7. The average Bonchev–Trinajstić information content (AvgIpc) is 4.10. The Kier molecular flexibility index (Phi) is 15.9. The maximum Gasteiger partial charge on any atom is 0.167 e. The standard InChI is InChI=1S/2C15H17N5O4.C12H15IN4O4.CH4.B/c1-15(23)11(22)8(5-21)24-14(15)20-4-7-2-3-9(16)19-12-10(7)13(20)18-6-17-12;1-15(23)11(22)9(6-21)24-14(15)20-5-8(3-2-4-16)10-12(17)18-7-19-13(10)20;1-12(20)8(19)6(3-18)21-11(12)17-2-5(13)7-9(14)15-4-16-10(7)17;;/h2-4,6,8,11,14,21-23H,5H2,1H3,(H2,16,17,18,19);2-3,5,7,9,11,14,21-23H,6H2,1H3,(H2,17,18,19);2,4,6,8,11,18-20H,3H2,1H3,(H2,14,15,16);1H4;/t8-,11-,14?,15-;9-,11-,14?,15-;6-,8-,11?,12-;;/m111../s1. The van der Waals surface area contributed by atoms with Crippen LogP contribution in [0.2, 0.25) is 0 Å². The van der Waals surface area contributed by atoms with Crippen LogP contribution in [-0.2, 0) is 14.2 Å². The van der Waals surface area contributed by atoms with Crippen LogP contribution in [0.15, 0.2) is 54.4 Å². The minimum absolute atomic E-state index is 0. The van der Waals surface area contributed by atoms with Crippen molar-refractivity contribution in [2.45, 2.75) is 100 Å². The molecule has 3 saturated heterocycles. The molecule has 10 rings (SSSR count). The Hall–Kier alpha value is -5.79. The summed E-state index contributed by atoms with van der Waals surface area (Å²) in [6, 6.07) is 5.19. The van der Waals surface area contributed by atoms with Crippen molar-refractivity contribution in [2.24, 2.45) is 4.99 Å². The van der Waals surface area contributed by atoms with Crippen LogP contribution in [0.25, 0.3) is 38.9 Å². The molecular weight excluding hydrogens is 1040 g/mol. The van der Waals surface area contributed by atoms with Gasteiger partial charge in [0.25, 0.3) is 0 Å². The Bertz CT molecular complexity index is 3090. The number of nitrogens with zero attached hydrogens (tertiary/aromatic N) is 10. The highest BCUT2D eigenvalue weighted by molar-refractivity contribution is 14.1. The number of hydrogen-bond donors (Lipinski definition) is 13. The summed E-state index contributed by atoms with van der Waals surface area (Å²) in [5.41, 5.74) is 8.52. The van der Waals surface area contributed by atoms with Crippen LogP contribution in [0.4, 0.5) is 23.3 Å². The number of anilines is 3. The first-order valence-electron chi connectivity index (χ1n) is 21.1. The minimum atomic E-state index is -1.66. The molecule has 3 radical (unpaired) electrons. The molecule has 3 fully saturated rings. The predicted molar refractivity (Wildman–Crippen MR) is 264 cm³/mol. The smallest absolute Gasteiger partial charge is 0.167 e. The molecule has 26 nitrogen and oxygen atoms in total. The Morgan fingerprint density at radius 1 is 0.761 bits per heavy atom. The SMILES string of the molecule is C.C[C@]1(O)C(n2cc(C=CC#N)c3c(N)ncnc32)O[C@H](CO)[C@H]1O.C[C@]1(O)C(n2cc(I)c3c(N)ncnc32)O[C@H](CO)[C@H]1O.C[C@]1(O)C(n2cc3ccc(=N)nc4c3c2N=CN4)O[C@H](CO)[C@H]1O.[B]. The van der Waals surface area contributed by atoms with Crippen LogP contribution in [-0.4, -0.2) is 173 Å². The second kappa shape index (κ2) is 20.7. The van der Waals surface area contributed by atoms with Gasteiger partial charge in [0.2, 0.25) is 0 Å². The van der Waals surface area contributed by atoms with Crippen LogP contribution in [0, 0.1) is 20.3 Å². The molecule has 15 N–H and O–H groups in total. The molecule has 10 heterocycles. The number of aromatic nitrogens is 8. The Balaban J connectivity index is 0.000000172. The fourth-order valence-corrected chi connectivity index (χ4v) is 9.65. The van der Waals surface area contributed by atoms with E-state index in [9.17, 15) is 46.0 Å². The van der Waals surface area contributed by atoms with E-state index < -0.39 is 85.3 Å². The molecule has 12 atom stereocenters. The van der Waals surface area contributed by atoms with Crippen LogP contribution in [0.1, 0.15) is 52.4 Å². The van der Waals surface area contributed by atoms with Crippen molar-refractivity contribution in [2.75, 3.05) is 36.6 Å². The van der Waals surface area contributed by atoms with Gasteiger partial charge in [-0.25, -0.2) is 29.9 Å². The Labute approximate surface area is 419 Å². The minimum Gasteiger partial charge on any atom is -0.394 e. The van der Waals surface area contributed by atoms with E-state index in [4.69, 9.17) is 36.3 Å². The van der Waals surface area contributed by atoms with Gasteiger partial charge in [-0.05, 0) is 61.6 Å². The van der Waals surface area contributed by atoms with E-state index in [0.717, 1.165) is 8.96 Å². The second-order valence-electron chi connectivity index (χ2n) is 17.2. The first-order chi connectivity index (χ1) is 32.7. The van der Waals surface area contributed by atoms with Crippen LogP contribution >= 0.6 is 22.6 Å². The van der Waals surface area contributed by atoms with Gasteiger partial charge >= 0.3 is 0 Å². The molecule has 71 heavy (non-hydrogen) atoms. The van der Waals surface area contributed by atoms with E-state index in [0.29, 0.717) is 50.5 Å². The highest BCUT2D eigenvalue weighted by Crippen LogP contribution is 2.45. The van der Waals surface area contributed by atoms with E-state index in [2.05, 4.69) is 57.8 Å². The van der Waals surface area contributed by atoms with E-state index in [1.54, 1.807) is 45.9 Å². The normalized spacial score (nSPS) is 30.6. The molecule has 0 saturated carbocycles. The molecule has 6 aromatic rings. The molecule has 4 aliphatic heterocycles. The number of aliphatic hydroxyl groups excluding tert-OH is 6. The van der Waals surface area contributed by atoms with Crippen molar-refractivity contribution in [3.05, 3.63) is 64.1 Å². The average molecular weight is 1100 g/mol. The summed E-state index contributed by atoms with van der Waals surface area (Å²) in [5.74, 6) is 1.53. The van der Waals surface area contributed by atoms with Gasteiger partial charge in [0.15, 0.2) is 18.7 Å². The molecular formula is C43H53BIN14O12. The number of hydrogen-bond acceptors (Lipinski definition) is 23.